The molecule has 3 atom stereocenters. The minimum Gasteiger partial charge on any atom is -0.394 e. The van der Waals surface area contributed by atoms with Crippen molar-refractivity contribution in [3.63, 3.8) is 0 Å². The summed E-state index contributed by atoms with van der Waals surface area (Å²) < 4.78 is 0. The maximum Gasteiger partial charge on any atom is 0.222 e. The van der Waals surface area contributed by atoms with Gasteiger partial charge in [-0.3, -0.25) is 4.79 Å². The van der Waals surface area contributed by atoms with Gasteiger partial charge in [-0.25, -0.2) is 0 Å². The number of carbonyl (C=O) groups is 1. The summed E-state index contributed by atoms with van der Waals surface area (Å²) in [6.07, 6.45) is 36.6. The van der Waals surface area contributed by atoms with Crippen LogP contribution in [0.1, 0.15) is 142 Å². The molecule has 0 radical (unpaired) electrons. The Morgan fingerprint density at radius 2 is 1.15 bits per heavy atom. The van der Waals surface area contributed by atoms with E-state index in [2.05, 4.69) is 55.6 Å². The van der Waals surface area contributed by atoms with Gasteiger partial charge in [-0.05, 0) is 64.2 Å². The number of nitrogens with one attached hydrogen (secondary N) is 1. The van der Waals surface area contributed by atoms with Gasteiger partial charge in [0, 0.05) is 0 Å². The van der Waals surface area contributed by atoms with Crippen molar-refractivity contribution in [2.45, 2.75) is 161 Å². The van der Waals surface area contributed by atoms with Gasteiger partial charge < -0.3 is 20.6 Å². The standard InChI is InChI=1S/C35H63NO4/c1-3-5-7-9-11-13-15-16-17-18-19-20-22-24-26-28-32(38)30-35(40)36-33(31-37)34(39)29-27-25-23-21-14-12-10-8-6-4-2/h11,13-14,16-17,21,27,29,32-34,37-39H,3-10,12,15,18-20,22-26,28,30-31H2,1-2H3,(H,36,40)/b13-11-,17-16-,21-14+,29-27+. The number of aliphatic hydroxyl groups is 3. The normalized spacial score (nSPS) is 14.6. The summed E-state index contributed by atoms with van der Waals surface area (Å²) in [6.45, 7) is 4.10. The van der Waals surface area contributed by atoms with Crippen LogP contribution in [0.25, 0.3) is 0 Å². The zero-order chi connectivity index (χ0) is 29.5. The van der Waals surface area contributed by atoms with E-state index < -0.39 is 18.2 Å². The molecule has 0 aromatic heterocycles. The molecule has 0 saturated heterocycles. The largest absolute Gasteiger partial charge is 0.394 e. The molecule has 0 aliphatic heterocycles. The highest BCUT2D eigenvalue weighted by atomic mass is 16.3. The highest BCUT2D eigenvalue weighted by molar-refractivity contribution is 5.76. The number of aliphatic hydroxyl groups excluding tert-OH is 3. The Morgan fingerprint density at radius 1 is 0.650 bits per heavy atom. The second kappa shape index (κ2) is 30.3. The second-order valence-corrected chi connectivity index (χ2v) is 11.1. The summed E-state index contributed by atoms with van der Waals surface area (Å²) in [4.78, 5) is 12.3. The number of carbonyl (C=O) groups excluding carboxylic acids is 1. The molecule has 0 saturated carbocycles. The van der Waals surface area contributed by atoms with E-state index >= 15 is 0 Å². The average molecular weight is 562 g/mol. The summed E-state index contributed by atoms with van der Waals surface area (Å²) in [5, 5.41) is 32.8. The Balaban J connectivity index is 3.85. The summed E-state index contributed by atoms with van der Waals surface area (Å²) in [6, 6.07) is -0.763. The number of unbranched alkanes of at least 4 members (excludes halogenated alkanes) is 13. The van der Waals surface area contributed by atoms with Crippen molar-refractivity contribution in [1.29, 1.82) is 0 Å². The van der Waals surface area contributed by atoms with Crippen molar-refractivity contribution in [3.05, 3.63) is 48.6 Å². The lowest BCUT2D eigenvalue weighted by molar-refractivity contribution is -0.124. The van der Waals surface area contributed by atoms with Gasteiger partial charge in [-0.1, -0.05) is 120 Å². The molecule has 5 heteroatoms. The molecule has 0 aliphatic rings. The van der Waals surface area contributed by atoms with Gasteiger partial charge in [0.15, 0.2) is 0 Å². The fourth-order valence-electron chi connectivity index (χ4n) is 4.50. The Kier molecular flexibility index (Phi) is 29.0. The van der Waals surface area contributed by atoms with Gasteiger partial charge in [0.05, 0.1) is 31.3 Å². The number of hydrogen-bond donors (Lipinski definition) is 4. The van der Waals surface area contributed by atoms with E-state index in [1.165, 1.54) is 64.2 Å². The molecule has 0 aliphatic carbocycles. The molecular weight excluding hydrogens is 498 g/mol. The fraction of sp³-hybridized carbons (Fsp3) is 0.743. The van der Waals surface area contributed by atoms with Crippen molar-refractivity contribution in [3.8, 4) is 0 Å². The number of rotatable bonds is 28. The monoisotopic (exact) mass is 561 g/mol. The molecule has 0 aromatic carbocycles. The minimum absolute atomic E-state index is 0.00612. The van der Waals surface area contributed by atoms with Crippen molar-refractivity contribution in [2.75, 3.05) is 6.61 Å². The highest BCUT2D eigenvalue weighted by Crippen LogP contribution is 2.11. The van der Waals surface area contributed by atoms with E-state index in [-0.39, 0.29) is 18.9 Å². The average Bonchev–Trinajstić information content (AvgIpc) is 2.94. The van der Waals surface area contributed by atoms with E-state index in [0.29, 0.717) is 6.42 Å². The van der Waals surface area contributed by atoms with Crippen LogP contribution in [-0.4, -0.2) is 46.1 Å². The lowest BCUT2D eigenvalue weighted by Crippen LogP contribution is -2.45. The van der Waals surface area contributed by atoms with Gasteiger partial charge in [-0.2, -0.15) is 0 Å². The first-order chi connectivity index (χ1) is 19.5. The van der Waals surface area contributed by atoms with Crippen molar-refractivity contribution >= 4 is 5.91 Å². The third-order valence-electron chi connectivity index (χ3n) is 7.09. The van der Waals surface area contributed by atoms with Crippen LogP contribution in [0.3, 0.4) is 0 Å². The van der Waals surface area contributed by atoms with Crippen molar-refractivity contribution in [2.24, 2.45) is 0 Å². The van der Waals surface area contributed by atoms with Gasteiger partial charge >= 0.3 is 0 Å². The Labute approximate surface area is 246 Å². The first-order valence-electron chi connectivity index (χ1n) is 16.4. The predicted molar refractivity (Wildman–Crippen MR) is 171 cm³/mol. The van der Waals surface area contributed by atoms with Crippen LogP contribution in [0.4, 0.5) is 0 Å². The first-order valence-corrected chi connectivity index (χ1v) is 16.4. The molecular formula is C35H63NO4. The summed E-state index contributed by atoms with van der Waals surface area (Å²) in [5.74, 6) is -0.340. The molecule has 40 heavy (non-hydrogen) atoms. The smallest absolute Gasteiger partial charge is 0.222 e. The van der Waals surface area contributed by atoms with Gasteiger partial charge in [0.25, 0.3) is 0 Å². The quantitative estimate of drug-likeness (QED) is 0.0572. The molecule has 3 unspecified atom stereocenters. The molecule has 232 valence electrons. The summed E-state index contributed by atoms with van der Waals surface area (Å²) in [5.41, 5.74) is 0. The van der Waals surface area contributed by atoms with E-state index in [1.54, 1.807) is 6.08 Å². The fourth-order valence-corrected chi connectivity index (χ4v) is 4.50. The molecule has 5 nitrogen and oxygen atoms in total. The highest BCUT2D eigenvalue weighted by Gasteiger charge is 2.19. The number of hydrogen-bond acceptors (Lipinski definition) is 4. The maximum absolute atomic E-state index is 12.3. The third-order valence-corrected chi connectivity index (χ3v) is 7.09. The second-order valence-electron chi connectivity index (χ2n) is 11.1. The Bertz CT molecular complexity index is 670. The van der Waals surface area contributed by atoms with Gasteiger partial charge in [-0.15, -0.1) is 0 Å². The van der Waals surface area contributed by atoms with Crippen LogP contribution < -0.4 is 5.32 Å². The molecule has 4 N–H and O–H groups in total. The molecule has 0 fully saturated rings. The van der Waals surface area contributed by atoms with Crippen molar-refractivity contribution < 1.29 is 20.1 Å². The molecule has 0 spiro atoms. The van der Waals surface area contributed by atoms with Crippen LogP contribution in [0.2, 0.25) is 0 Å². The molecule has 0 heterocycles. The van der Waals surface area contributed by atoms with E-state index in [9.17, 15) is 20.1 Å². The zero-order valence-corrected chi connectivity index (χ0v) is 25.9. The minimum atomic E-state index is -0.953. The topological polar surface area (TPSA) is 89.8 Å². The van der Waals surface area contributed by atoms with Crippen LogP contribution in [0.5, 0.6) is 0 Å². The Morgan fingerprint density at radius 3 is 1.80 bits per heavy atom. The molecule has 0 bridgehead atoms. The van der Waals surface area contributed by atoms with Gasteiger partial charge in [0.1, 0.15) is 0 Å². The first kappa shape index (κ1) is 38.3. The SMILES string of the molecule is CCCCC/C=C\C/C=C\CCCCCCCC(O)CC(=O)NC(CO)C(O)/C=C/CC/C=C/CCCCCC. The van der Waals surface area contributed by atoms with Crippen LogP contribution >= 0.6 is 0 Å². The van der Waals surface area contributed by atoms with Gasteiger partial charge in [0.2, 0.25) is 5.91 Å². The number of allylic oxidation sites excluding steroid dienone is 7. The third kappa shape index (κ3) is 26.5. The number of amides is 1. The van der Waals surface area contributed by atoms with Crippen LogP contribution in [0, 0.1) is 0 Å². The maximum atomic E-state index is 12.3. The predicted octanol–water partition coefficient (Wildman–Crippen LogP) is 8.25. The van der Waals surface area contributed by atoms with E-state index in [0.717, 1.165) is 51.4 Å². The van der Waals surface area contributed by atoms with E-state index in [4.69, 9.17) is 0 Å². The molecule has 0 rings (SSSR count). The molecule has 0 aromatic rings. The van der Waals surface area contributed by atoms with E-state index in [1.807, 2.05) is 6.08 Å². The summed E-state index contributed by atoms with van der Waals surface area (Å²) in [7, 11) is 0. The van der Waals surface area contributed by atoms with Crippen molar-refractivity contribution in [1.82, 2.24) is 5.32 Å². The molecule has 1 amide bonds. The Hall–Kier alpha value is -1.69. The zero-order valence-electron chi connectivity index (χ0n) is 25.9. The van der Waals surface area contributed by atoms with Crippen LogP contribution in [0.15, 0.2) is 48.6 Å². The van der Waals surface area contributed by atoms with Crippen LogP contribution in [-0.2, 0) is 4.79 Å². The summed E-state index contributed by atoms with van der Waals surface area (Å²) >= 11 is 0. The lowest BCUT2D eigenvalue weighted by atomic mass is 10.0. The lowest BCUT2D eigenvalue weighted by Gasteiger charge is -2.20.